The smallest absolute Gasteiger partial charge is 0.240 e. The van der Waals surface area contributed by atoms with Gasteiger partial charge in [-0.1, -0.05) is 12.8 Å². The van der Waals surface area contributed by atoms with Crippen LogP contribution in [0.2, 0.25) is 0 Å². The number of amides is 1. The van der Waals surface area contributed by atoms with Gasteiger partial charge in [0.05, 0.1) is 19.3 Å². The Kier molecular flexibility index (Phi) is 5.44. The standard InChI is InChI=1S/C16H24N2O3/c1-20-13-5-7-14(8-6-13)21-12-4-11-18-15(19)16(17)9-2-3-10-16/h5-8H,2-4,9-12,17H2,1H3,(H,18,19). The van der Waals surface area contributed by atoms with Crippen molar-refractivity contribution >= 4 is 5.91 Å². The molecule has 1 aliphatic carbocycles. The van der Waals surface area contributed by atoms with E-state index in [1.165, 1.54) is 0 Å². The van der Waals surface area contributed by atoms with Gasteiger partial charge in [-0.3, -0.25) is 4.79 Å². The topological polar surface area (TPSA) is 73.6 Å². The van der Waals surface area contributed by atoms with E-state index in [0.29, 0.717) is 13.2 Å². The largest absolute Gasteiger partial charge is 0.497 e. The highest BCUT2D eigenvalue weighted by Crippen LogP contribution is 2.27. The average Bonchev–Trinajstić information content (AvgIpc) is 2.95. The molecule has 0 unspecified atom stereocenters. The normalized spacial score (nSPS) is 16.5. The summed E-state index contributed by atoms with van der Waals surface area (Å²) in [6.45, 7) is 1.15. The first-order valence-corrected chi connectivity index (χ1v) is 7.48. The van der Waals surface area contributed by atoms with Crippen molar-refractivity contribution in [1.82, 2.24) is 5.32 Å². The number of ether oxygens (including phenoxy) is 2. The van der Waals surface area contributed by atoms with E-state index in [4.69, 9.17) is 15.2 Å². The fraction of sp³-hybridized carbons (Fsp3) is 0.562. The molecular formula is C16H24N2O3. The molecule has 0 heterocycles. The Bertz CT molecular complexity index is 453. The van der Waals surface area contributed by atoms with Crippen molar-refractivity contribution < 1.29 is 14.3 Å². The highest BCUT2D eigenvalue weighted by molar-refractivity contribution is 5.86. The Balaban J connectivity index is 1.62. The van der Waals surface area contributed by atoms with Crippen LogP contribution in [0.4, 0.5) is 0 Å². The molecular weight excluding hydrogens is 268 g/mol. The van der Waals surface area contributed by atoms with Crippen LogP contribution in [0.15, 0.2) is 24.3 Å². The molecule has 21 heavy (non-hydrogen) atoms. The van der Waals surface area contributed by atoms with Crippen molar-refractivity contribution in [1.29, 1.82) is 0 Å². The molecule has 1 aromatic carbocycles. The summed E-state index contributed by atoms with van der Waals surface area (Å²) in [4.78, 5) is 12.0. The molecule has 2 rings (SSSR count). The lowest BCUT2D eigenvalue weighted by molar-refractivity contribution is -0.126. The van der Waals surface area contributed by atoms with Crippen molar-refractivity contribution in [3.63, 3.8) is 0 Å². The van der Waals surface area contributed by atoms with Crippen LogP contribution in [0.25, 0.3) is 0 Å². The van der Waals surface area contributed by atoms with Crippen LogP contribution >= 0.6 is 0 Å². The summed E-state index contributed by atoms with van der Waals surface area (Å²) in [5.74, 6) is 1.58. The van der Waals surface area contributed by atoms with Gasteiger partial charge in [0.15, 0.2) is 0 Å². The molecule has 0 aliphatic heterocycles. The third-order valence-corrected chi connectivity index (χ3v) is 3.88. The number of nitrogens with two attached hydrogens (primary N) is 1. The molecule has 1 aliphatic rings. The minimum Gasteiger partial charge on any atom is -0.497 e. The Labute approximate surface area is 125 Å². The molecule has 0 spiro atoms. The predicted molar refractivity (Wildman–Crippen MR) is 81.5 cm³/mol. The second-order valence-electron chi connectivity index (χ2n) is 5.50. The maximum atomic E-state index is 12.0. The van der Waals surface area contributed by atoms with E-state index >= 15 is 0 Å². The van der Waals surface area contributed by atoms with Gasteiger partial charge in [-0.25, -0.2) is 0 Å². The number of nitrogens with one attached hydrogen (secondary N) is 1. The first kappa shape index (κ1) is 15.6. The number of rotatable bonds is 7. The molecule has 0 bridgehead atoms. The molecule has 1 saturated carbocycles. The molecule has 0 atom stereocenters. The monoisotopic (exact) mass is 292 g/mol. The lowest BCUT2D eigenvalue weighted by atomic mass is 9.98. The summed E-state index contributed by atoms with van der Waals surface area (Å²) in [6.07, 6.45) is 4.44. The van der Waals surface area contributed by atoms with E-state index in [2.05, 4.69) is 5.32 Å². The van der Waals surface area contributed by atoms with E-state index in [0.717, 1.165) is 43.6 Å². The minimum absolute atomic E-state index is 0.0237. The highest BCUT2D eigenvalue weighted by atomic mass is 16.5. The van der Waals surface area contributed by atoms with Crippen LogP contribution in [0.5, 0.6) is 11.5 Å². The van der Waals surface area contributed by atoms with Gasteiger partial charge in [-0.05, 0) is 43.5 Å². The number of benzene rings is 1. The number of hydrogen-bond acceptors (Lipinski definition) is 4. The number of hydrogen-bond donors (Lipinski definition) is 2. The zero-order valence-electron chi connectivity index (χ0n) is 12.6. The quantitative estimate of drug-likeness (QED) is 0.752. The van der Waals surface area contributed by atoms with Crippen LogP contribution in [-0.4, -0.2) is 31.7 Å². The number of methoxy groups -OCH3 is 1. The second kappa shape index (κ2) is 7.31. The van der Waals surface area contributed by atoms with Crippen molar-refractivity contribution in [2.75, 3.05) is 20.3 Å². The first-order chi connectivity index (χ1) is 10.1. The van der Waals surface area contributed by atoms with Crippen LogP contribution in [0.1, 0.15) is 32.1 Å². The van der Waals surface area contributed by atoms with Crippen LogP contribution in [-0.2, 0) is 4.79 Å². The van der Waals surface area contributed by atoms with E-state index in [1.807, 2.05) is 24.3 Å². The lowest BCUT2D eigenvalue weighted by Gasteiger charge is -2.22. The van der Waals surface area contributed by atoms with Gasteiger partial charge in [-0.2, -0.15) is 0 Å². The van der Waals surface area contributed by atoms with Gasteiger partial charge in [0.25, 0.3) is 0 Å². The molecule has 116 valence electrons. The molecule has 1 aromatic rings. The van der Waals surface area contributed by atoms with Crippen molar-refractivity contribution in [3.05, 3.63) is 24.3 Å². The van der Waals surface area contributed by atoms with Gasteiger partial charge >= 0.3 is 0 Å². The zero-order chi connectivity index (χ0) is 15.1. The van der Waals surface area contributed by atoms with Crippen LogP contribution in [0, 0.1) is 0 Å². The van der Waals surface area contributed by atoms with Crippen molar-refractivity contribution in [3.8, 4) is 11.5 Å². The third-order valence-electron chi connectivity index (χ3n) is 3.88. The first-order valence-electron chi connectivity index (χ1n) is 7.48. The fourth-order valence-electron chi connectivity index (χ4n) is 2.55. The van der Waals surface area contributed by atoms with Crippen LogP contribution in [0.3, 0.4) is 0 Å². The highest BCUT2D eigenvalue weighted by Gasteiger charge is 2.36. The molecule has 0 saturated heterocycles. The van der Waals surface area contributed by atoms with Gasteiger partial charge in [-0.15, -0.1) is 0 Å². The summed E-state index contributed by atoms with van der Waals surface area (Å²) in [5, 5.41) is 2.91. The summed E-state index contributed by atoms with van der Waals surface area (Å²) < 4.78 is 10.7. The molecule has 5 nitrogen and oxygen atoms in total. The SMILES string of the molecule is COc1ccc(OCCCNC(=O)C2(N)CCCC2)cc1. The molecule has 0 radical (unpaired) electrons. The van der Waals surface area contributed by atoms with E-state index in [9.17, 15) is 4.79 Å². The van der Waals surface area contributed by atoms with Crippen molar-refractivity contribution in [2.24, 2.45) is 5.73 Å². The van der Waals surface area contributed by atoms with Gasteiger partial charge in [0.1, 0.15) is 11.5 Å². The van der Waals surface area contributed by atoms with Gasteiger partial charge in [0, 0.05) is 6.54 Å². The lowest BCUT2D eigenvalue weighted by Crippen LogP contribution is -2.52. The van der Waals surface area contributed by atoms with Crippen LogP contribution < -0.4 is 20.5 Å². The zero-order valence-corrected chi connectivity index (χ0v) is 12.6. The van der Waals surface area contributed by atoms with Crippen molar-refractivity contribution in [2.45, 2.75) is 37.6 Å². The minimum atomic E-state index is -0.642. The summed E-state index contributed by atoms with van der Waals surface area (Å²) >= 11 is 0. The number of carbonyl (C=O) groups excluding carboxylic acids is 1. The summed E-state index contributed by atoms with van der Waals surface area (Å²) in [5.41, 5.74) is 5.44. The van der Waals surface area contributed by atoms with Gasteiger partial charge in [0.2, 0.25) is 5.91 Å². The second-order valence-corrected chi connectivity index (χ2v) is 5.50. The Morgan fingerprint density at radius 3 is 2.48 bits per heavy atom. The molecule has 1 amide bonds. The molecule has 0 aromatic heterocycles. The summed E-state index contributed by atoms with van der Waals surface area (Å²) in [6, 6.07) is 7.44. The van der Waals surface area contributed by atoms with E-state index in [-0.39, 0.29) is 5.91 Å². The number of carbonyl (C=O) groups is 1. The predicted octanol–water partition coefficient (Wildman–Crippen LogP) is 1.85. The molecule has 1 fully saturated rings. The van der Waals surface area contributed by atoms with E-state index < -0.39 is 5.54 Å². The Morgan fingerprint density at radius 2 is 1.86 bits per heavy atom. The van der Waals surface area contributed by atoms with E-state index in [1.54, 1.807) is 7.11 Å². The Morgan fingerprint density at radius 1 is 1.24 bits per heavy atom. The molecule has 3 N–H and O–H groups in total. The summed E-state index contributed by atoms with van der Waals surface area (Å²) in [7, 11) is 1.63. The fourth-order valence-corrected chi connectivity index (χ4v) is 2.55. The molecule has 5 heteroatoms. The maximum absolute atomic E-state index is 12.0. The van der Waals surface area contributed by atoms with Gasteiger partial charge < -0.3 is 20.5 Å². The third kappa shape index (κ3) is 4.36. The maximum Gasteiger partial charge on any atom is 0.240 e. The Hall–Kier alpha value is -1.75. The average molecular weight is 292 g/mol.